The third-order valence-corrected chi connectivity index (χ3v) is 24.2. The summed E-state index contributed by atoms with van der Waals surface area (Å²) in [6.07, 6.45) is -5.71. The number of likely N-dealkylation sites (tertiary alicyclic amines) is 1. The number of anilines is 5. The number of ether oxygens (including phenoxy) is 4. The Bertz CT molecular complexity index is 6000. The number of piperidine rings is 1. The van der Waals surface area contributed by atoms with Crippen molar-refractivity contribution in [3.05, 3.63) is 151 Å². The highest BCUT2D eigenvalue weighted by atomic mass is 127. The lowest BCUT2D eigenvalue weighted by Crippen LogP contribution is -2.43. The van der Waals surface area contributed by atoms with Crippen LogP contribution < -0.4 is 48.7 Å². The molecule has 0 spiro atoms. The number of halogens is 2. The van der Waals surface area contributed by atoms with Crippen molar-refractivity contribution < 1.29 is 88.6 Å². The number of imidazole rings is 4. The molecule has 16 atom stereocenters. The molecule has 8 aromatic heterocycles. The summed E-state index contributed by atoms with van der Waals surface area (Å²) >= 11 is 4.53. The van der Waals surface area contributed by atoms with Gasteiger partial charge in [0, 0.05) is 92.0 Å². The highest BCUT2D eigenvalue weighted by Gasteiger charge is 2.52. The second-order valence-electron chi connectivity index (χ2n) is 32.1. The van der Waals surface area contributed by atoms with Crippen LogP contribution in [0.4, 0.5) is 29.1 Å². The van der Waals surface area contributed by atoms with Crippen LogP contribution in [-0.4, -0.2) is 274 Å². The number of carbonyl (C=O) groups excluding carboxylic acids is 6. The van der Waals surface area contributed by atoms with Gasteiger partial charge in [0.25, 0.3) is 23.6 Å². The van der Waals surface area contributed by atoms with E-state index in [2.05, 4.69) is 161 Å². The van der Waals surface area contributed by atoms with Crippen LogP contribution in [0.3, 0.4) is 0 Å². The number of aliphatic hydroxyl groups excluding tert-OH is 8. The molecule has 0 radical (unpaired) electrons. The lowest BCUT2D eigenvalue weighted by molar-refractivity contribution is -0.138. The smallest absolute Gasteiger partial charge is 0.252 e. The lowest BCUT2D eigenvalue weighted by Gasteiger charge is -2.31. The first-order chi connectivity index (χ1) is 63.0. The van der Waals surface area contributed by atoms with Crippen LogP contribution in [0, 0.1) is 31.8 Å². The Kier molecular flexibility index (Phi) is 31.2. The summed E-state index contributed by atoms with van der Waals surface area (Å²) in [5.74, 6) is 6.66. The zero-order chi connectivity index (χ0) is 93.2. The summed E-state index contributed by atoms with van der Waals surface area (Å²) in [5.41, 5.74) is 20.6. The number of carbonyl (C=O) groups is 6. The van der Waals surface area contributed by atoms with Gasteiger partial charge in [0.2, 0.25) is 17.7 Å². The van der Waals surface area contributed by atoms with Crippen molar-refractivity contribution in [2.75, 3.05) is 67.7 Å². The molecular weight excluding hydrogens is 1920 g/mol. The molecule has 0 bridgehead atoms. The van der Waals surface area contributed by atoms with E-state index in [1.165, 1.54) is 57.7 Å². The molecule has 694 valence electrons. The van der Waals surface area contributed by atoms with Gasteiger partial charge in [-0.3, -0.25) is 42.2 Å². The van der Waals surface area contributed by atoms with Crippen molar-refractivity contribution in [3.8, 4) is 11.8 Å². The summed E-state index contributed by atoms with van der Waals surface area (Å²) < 4.78 is 30.9. The average Bonchev–Trinajstić information content (AvgIpc) is 1.63. The van der Waals surface area contributed by atoms with Gasteiger partial charge in [-0.15, -0.1) is 0 Å². The molecule has 10 unspecified atom stereocenters. The van der Waals surface area contributed by atoms with E-state index in [0.29, 0.717) is 108 Å². The summed E-state index contributed by atoms with van der Waals surface area (Å²) in [5, 5.41) is 103. The number of nitrogens with two attached hydrogens (primary N) is 2. The van der Waals surface area contributed by atoms with Gasteiger partial charge < -0.3 is 118 Å². The number of nitrogens with zero attached hydrogens (tertiary/aromatic N) is 16. The lowest BCUT2D eigenvalue weighted by atomic mass is 9.93. The van der Waals surface area contributed by atoms with Crippen molar-refractivity contribution in [2.45, 2.75) is 203 Å². The maximum atomic E-state index is 12.4. The van der Waals surface area contributed by atoms with Crippen LogP contribution in [0.5, 0.6) is 0 Å². The van der Waals surface area contributed by atoms with Gasteiger partial charge in [0.05, 0.1) is 31.0 Å². The van der Waals surface area contributed by atoms with Crippen molar-refractivity contribution in [1.82, 2.24) is 99.3 Å². The summed E-state index contributed by atoms with van der Waals surface area (Å²) in [6, 6.07) is 26.3. The molecule has 131 heavy (non-hydrogen) atoms. The summed E-state index contributed by atoms with van der Waals surface area (Å²) in [6.45, 7) is 10.5. The molecular formula is C86H103I2N25O18. The summed E-state index contributed by atoms with van der Waals surface area (Å²) in [4.78, 5) is 121. The predicted molar refractivity (Wildman–Crippen MR) is 490 cm³/mol. The van der Waals surface area contributed by atoms with Gasteiger partial charge in [0.1, 0.15) is 77.0 Å². The number of hydrogen-bond donors (Lipinski definition) is 17. The van der Waals surface area contributed by atoms with E-state index in [9.17, 15) is 69.6 Å². The maximum Gasteiger partial charge on any atom is 0.252 e. The Balaban J connectivity index is 0.000000141. The molecule has 19 N–H and O–H groups in total. The normalized spacial score (nSPS) is 24.0. The number of aryl methyl sites for hydroxylation is 2. The molecule has 6 fully saturated rings. The predicted octanol–water partition coefficient (Wildman–Crippen LogP) is 1.77. The zero-order valence-electron chi connectivity index (χ0n) is 72.1. The zero-order valence-corrected chi connectivity index (χ0v) is 76.4. The minimum atomic E-state index is -1.41. The Hall–Kier alpha value is -11.5. The number of nitrogens with one attached hydrogen (secondary N) is 7. The highest BCUT2D eigenvalue weighted by Crippen LogP contribution is 2.39. The molecule has 17 rings (SSSR count). The molecule has 11 aromatic rings. The number of pyridine rings is 1. The van der Waals surface area contributed by atoms with Crippen LogP contribution in [0.15, 0.2) is 110 Å². The minimum Gasteiger partial charge on any atom is -0.387 e. The number of ketones is 1. The van der Waals surface area contributed by atoms with Gasteiger partial charge in [-0.1, -0.05) is 61.4 Å². The number of Topliss-reactive ketones (excluding diaryl/α,β-unsaturated/α-hetero) is 1. The Morgan fingerprint density at radius 1 is 0.511 bits per heavy atom. The van der Waals surface area contributed by atoms with Crippen molar-refractivity contribution in [3.63, 3.8) is 0 Å². The van der Waals surface area contributed by atoms with E-state index < -0.39 is 122 Å². The SMILES string of the molecule is CCC(=O)N1CCC(CC#Cc2nc(N)c3ncn(C4OC(C(=O)NC5CC5)C(O)C4O)c3n2)CC1.CCNC(=O)C1OC(n2cnc3c(N)nc(NCCc4ccc(CCC(C)=O)cc4)nc32)C(O)C1O.CNC(=O)[C@H]1O[C@@H](n2cnc3c(NCc4cccc(I)c4)ccnc32)C(O)[C@H]1O.CNC(=O)[C@H]1O[C@@H](n2cnc3c(NCc4cccc(I)c4)nc(C)nc32)C(O)[C@H]1O. The van der Waals surface area contributed by atoms with Crippen molar-refractivity contribution >= 4 is 154 Å². The number of likely N-dealkylation sites (N-methyl/N-ethyl adjacent to an activating group) is 3. The Labute approximate surface area is 776 Å². The van der Waals surface area contributed by atoms with E-state index in [1.54, 1.807) is 27.0 Å². The van der Waals surface area contributed by atoms with E-state index in [-0.39, 0.29) is 46.8 Å². The highest BCUT2D eigenvalue weighted by molar-refractivity contribution is 14.1. The molecule has 1 saturated carbocycles. The van der Waals surface area contributed by atoms with Gasteiger partial charge >= 0.3 is 0 Å². The average molecular weight is 2030 g/mol. The Morgan fingerprint density at radius 3 is 1.50 bits per heavy atom. The molecule has 3 aromatic carbocycles. The first kappa shape index (κ1) is 95.6. The van der Waals surface area contributed by atoms with Crippen LogP contribution in [0.2, 0.25) is 0 Å². The van der Waals surface area contributed by atoms with Crippen molar-refractivity contribution in [1.29, 1.82) is 0 Å². The standard InChI is InChI=1S/2C24H31N7O5.C19H21IN6O4.C19H20IN5O4/c1-2-16(32)30-10-8-13(9-11-30)4-3-5-15-28-21(25)17-22(29-15)31(12-26-17)24-19(34)18(33)20(36-24)23(35)27-14-6-7-14;1-3-26-22(35)19-17(33)18(34)23(36-19)31-12-28-16-20(25)29-24(30-21(16)31)27-11-10-15-8-6-14(7-9-15)5-4-13(2)32;1-9-24-16(22-7-10-4-3-5-11(20)6-10)12-17(25-9)26(8-23-12)19-14(28)13(27)15(30-19)18(29)21-2;1-21-18(28)16-14(26)15(27)19(29-16)25-9-24-13-12(5-6-22-17(13)25)23-8-10-3-2-4-11(20)7-10/h12-14,18-20,24,33-34H,2,4,6-11H2,1H3,(H,27,35)(H2,25,28,29);6-9,12,17-19,23,33-34H,3-5,10-11H2,1-2H3,(H,26,35)(H3,25,27,29,30);3-6,8,13-15,19,27-28H,7H2,1-2H3,(H,21,29)(H,22,24,25);2-7,9,14-16,19,26-27H,8H2,1H3,(H,21,28)(H,22,23)/t;;13-,14?,15+,19-;14-,15?,16+,19-/m..11/s1. The van der Waals surface area contributed by atoms with Gasteiger partial charge in [0.15, 0.2) is 94.9 Å². The van der Waals surface area contributed by atoms with E-state index in [4.69, 9.17) is 30.4 Å². The number of aliphatic hydroxyl groups is 8. The fourth-order valence-electron chi connectivity index (χ4n) is 15.5. The number of amides is 5. The molecule has 43 nitrogen and oxygen atoms in total. The largest absolute Gasteiger partial charge is 0.387 e. The van der Waals surface area contributed by atoms with Crippen LogP contribution in [-0.2, 0) is 73.6 Å². The molecule has 1 aliphatic carbocycles. The van der Waals surface area contributed by atoms with E-state index in [1.807, 2.05) is 78.6 Å². The van der Waals surface area contributed by atoms with Gasteiger partial charge in [-0.2, -0.15) is 9.97 Å². The van der Waals surface area contributed by atoms with E-state index >= 15 is 0 Å². The maximum absolute atomic E-state index is 12.4. The second-order valence-corrected chi connectivity index (χ2v) is 34.6. The quantitative estimate of drug-likeness (QED) is 0.0286. The first-order valence-corrected chi connectivity index (χ1v) is 44.8. The molecule has 5 saturated heterocycles. The fourth-order valence-corrected chi connectivity index (χ4v) is 16.8. The molecule has 5 aliphatic heterocycles. The number of nitrogen functional groups attached to an aromatic ring is 2. The topological polar surface area (TPSA) is 602 Å². The third-order valence-electron chi connectivity index (χ3n) is 22.8. The summed E-state index contributed by atoms with van der Waals surface area (Å²) in [7, 11) is 2.88. The number of fused-ring (bicyclic) bond motifs is 4. The third kappa shape index (κ3) is 22.1. The number of hydrogen-bond acceptors (Lipinski definition) is 34. The monoisotopic (exact) mass is 2030 g/mol. The molecule has 5 amide bonds. The van der Waals surface area contributed by atoms with Gasteiger partial charge in [-0.25, -0.2) is 44.9 Å². The van der Waals surface area contributed by atoms with Crippen LogP contribution in [0.1, 0.15) is 125 Å². The number of benzene rings is 3. The molecule has 45 heteroatoms. The van der Waals surface area contributed by atoms with Crippen LogP contribution in [0.25, 0.3) is 44.7 Å². The van der Waals surface area contributed by atoms with Crippen molar-refractivity contribution in [2.24, 2.45) is 5.92 Å². The molecule has 6 aliphatic rings. The van der Waals surface area contributed by atoms with Gasteiger partial charge in [-0.05, 0) is 169 Å². The number of rotatable bonds is 25. The Morgan fingerprint density at radius 2 is 0.992 bits per heavy atom. The van der Waals surface area contributed by atoms with Crippen LogP contribution >= 0.6 is 45.2 Å². The minimum absolute atomic E-state index is 0.0959. The molecule has 13 heterocycles. The first-order valence-electron chi connectivity index (χ1n) is 42.7. The van der Waals surface area contributed by atoms with E-state index in [0.717, 1.165) is 80.3 Å². The second kappa shape index (κ2) is 42.8. The fraction of sp³-hybridized carbons (Fsp3) is 0.453. The number of aromatic nitrogens is 15.